The molecule has 0 spiro atoms. The average molecular weight is 338 g/mol. The van der Waals surface area contributed by atoms with Gasteiger partial charge in [-0.25, -0.2) is 9.37 Å². The van der Waals surface area contributed by atoms with Crippen LogP contribution in [0.3, 0.4) is 0 Å². The van der Waals surface area contributed by atoms with E-state index < -0.39 is 0 Å². The Balaban J connectivity index is 0.000000880. The number of benzene rings is 1. The summed E-state index contributed by atoms with van der Waals surface area (Å²) < 4.78 is 14.3. The highest BCUT2D eigenvalue weighted by Gasteiger charge is 2.32. The molecule has 0 fully saturated rings. The third-order valence-electron chi connectivity index (χ3n) is 5.45. The van der Waals surface area contributed by atoms with Gasteiger partial charge in [0.05, 0.1) is 16.9 Å². The van der Waals surface area contributed by atoms with E-state index in [-0.39, 0.29) is 5.82 Å². The minimum atomic E-state index is -0.117. The number of allylic oxidation sites excluding steroid dienone is 1. The van der Waals surface area contributed by atoms with Crippen molar-refractivity contribution in [2.24, 2.45) is 0 Å². The molecular weight excluding hydrogens is 311 g/mol. The third kappa shape index (κ3) is 2.57. The van der Waals surface area contributed by atoms with Crippen molar-refractivity contribution < 1.29 is 4.39 Å². The number of hydrogen-bond acceptors (Lipinski definition) is 2. The second kappa shape index (κ2) is 6.62. The topological polar surface area (TPSA) is 16.1 Å². The molecule has 2 heterocycles. The van der Waals surface area contributed by atoms with Gasteiger partial charge in [-0.1, -0.05) is 6.08 Å². The maximum absolute atomic E-state index is 14.3. The summed E-state index contributed by atoms with van der Waals surface area (Å²) in [4.78, 5) is 7.30. The largest absolute Gasteiger partial charge is 0.363 e. The fraction of sp³-hybridized carbons (Fsp3) is 0.409. The molecule has 0 amide bonds. The number of fused-ring (bicyclic) bond motifs is 2. The molecule has 0 unspecified atom stereocenters. The van der Waals surface area contributed by atoms with Crippen molar-refractivity contribution in [2.45, 2.75) is 59.5 Å². The summed E-state index contributed by atoms with van der Waals surface area (Å²) in [5.41, 5.74) is 7.87. The number of nitrogens with zero attached hydrogens (tertiary/aromatic N) is 2. The predicted molar refractivity (Wildman–Crippen MR) is 104 cm³/mol. The van der Waals surface area contributed by atoms with Crippen molar-refractivity contribution in [3.8, 4) is 0 Å². The van der Waals surface area contributed by atoms with Crippen LogP contribution in [0.2, 0.25) is 0 Å². The van der Waals surface area contributed by atoms with Crippen LogP contribution in [0.5, 0.6) is 0 Å². The van der Waals surface area contributed by atoms with E-state index in [0.717, 1.165) is 42.6 Å². The Morgan fingerprint density at radius 2 is 1.88 bits per heavy atom. The lowest BCUT2D eigenvalue weighted by molar-refractivity contribution is 0.337. The molecule has 1 aliphatic heterocycles. The molecule has 2 nitrogen and oxygen atoms in total. The highest BCUT2D eigenvalue weighted by Crippen LogP contribution is 2.42. The highest BCUT2D eigenvalue weighted by atomic mass is 19.1. The molecule has 2 aliphatic rings. The van der Waals surface area contributed by atoms with Gasteiger partial charge < -0.3 is 4.90 Å². The van der Waals surface area contributed by atoms with Crippen molar-refractivity contribution in [1.29, 1.82) is 0 Å². The van der Waals surface area contributed by atoms with Crippen molar-refractivity contribution in [2.75, 3.05) is 0 Å². The quantitative estimate of drug-likeness (QED) is 0.633. The second-order valence-corrected chi connectivity index (χ2v) is 7.02. The van der Waals surface area contributed by atoms with Crippen molar-refractivity contribution in [3.05, 3.63) is 59.1 Å². The summed E-state index contributed by atoms with van der Waals surface area (Å²) in [7, 11) is 0. The van der Waals surface area contributed by atoms with E-state index in [0.29, 0.717) is 6.04 Å². The van der Waals surface area contributed by atoms with Crippen LogP contribution in [0.25, 0.3) is 16.6 Å². The number of aromatic nitrogens is 1. The van der Waals surface area contributed by atoms with Crippen LogP contribution in [-0.2, 0) is 19.4 Å². The Kier molecular flexibility index (Phi) is 4.68. The summed E-state index contributed by atoms with van der Waals surface area (Å²) in [6.45, 7) is 15.3. The second-order valence-electron chi connectivity index (χ2n) is 7.02. The lowest BCUT2D eigenvalue weighted by Gasteiger charge is -2.24. The van der Waals surface area contributed by atoms with E-state index in [1.54, 1.807) is 6.07 Å². The number of hydrogen-bond donors (Lipinski definition) is 0. The minimum absolute atomic E-state index is 0.117. The molecule has 0 saturated heterocycles. The van der Waals surface area contributed by atoms with Gasteiger partial charge in [-0.2, -0.15) is 0 Å². The molecular formula is C22H27FN2. The Morgan fingerprint density at radius 3 is 2.52 bits per heavy atom. The predicted octanol–water partition coefficient (Wildman–Crippen LogP) is 5.56. The van der Waals surface area contributed by atoms with E-state index >= 15 is 0 Å². The van der Waals surface area contributed by atoms with Crippen LogP contribution in [0.4, 0.5) is 4.39 Å². The zero-order valence-corrected chi connectivity index (χ0v) is 15.7. The molecule has 132 valence electrons. The van der Waals surface area contributed by atoms with Gasteiger partial charge in [-0.3, -0.25) is 0 Å². The van der Waals surface area contributed by atoms with Gasteiger partial charge in [0.1, 0.15) is 5.82 Å². The van der Waals surface area contributed by atoms with Crippen LogP contribution < -0.4 is 0 Å². The van der Waals surface area contributed by atoms with Gasteiger partial charge >= 0.3 is 0 Å². The van der Waals surface area contributed by atoms with Crippen molar-refractivity contribution >= 4 is 16.6 Å². The zero-order valence-electron chi connectivity index (χ0n) is 15.7. The molecule has 1 aromatic carbocycles. The van der Waals surface area contributed by atoms with Crippen LogP contribution in [0, 0.1) is 12.7 Å². The van der Waals surface area contributed by atoms with Gasteiger partial charge in [0, 0.05) is 29.6 Å². The summed E-state index contributed by atoms with van der Waals surface area (Å²) in [6, 6.07) is 2.07. The lowest BCUT2D eigenvalue weighted by atomic mass is 9.85. The molecule has 0 radical (unpaired) electrons. The van der Waals surface area contributed by atoms with E-state index in [4.69, 9.17) is 4.98 Å². The van der Waals surface area contributed by atoms with Crippen molar-refractivity contribution in [1.82, 2.24) is 9.88 Å². The molecule has 1 aromatic heterocycles. The molecule has 3 heteroatoms. The summed E-state index contributed by atoms with van der Waals surface area (Å²) in [5, 5.41) is 1.23. The van der Waals surface area contributed by atoms with Crippen LogP contribution in [-0.4, -0.2) is 15.9 Å². The van der Waals surface area contributed by atoms with Crippen molar-refractivity contribution in [3.63, 3.8) is 0 Å². The molecule has 0 atom stereocenters. The van der Waals surface area contributed by atoms with Gasteiger partial charge in [0.15, 0.2) is 0 Å². The fourth-order valence-corrected chi connectivity index (χ4v) is 4.26. The standard InChI is InChI=1S/C20H23FN2.C2H4/c1-5-18-20-15(10-23(18)11(2)3)14-8-6-7-13-12(4)16(21)9-17(22-20)19(13)14;1-2/h5,9,11H,6-8,10H2,1-4H3;1-2H2/b18-5-;. The molecule has 0 saturated carbocycles. The fourth-order valence-electron chi connectivity index (χ4n) is 4.26. The number of rotatable bonds is 1. The lowest BCUT2D eigenvalue weighted by Crippen LogP contribution is -2.24. The Morgan fingerprint density at radius 1 is 1.20 bits per heavy atom. The van der Waals surface area contributed by atoms with Gasteiger partial charge in [-0.15, -0.1) is 13.2 Å². The van der Waals surface area contributed by atoms with Crippen LogP contribution in [0.1, 0.15) is 55.1 Å². The van der Waals surface area contributed by atoms with E-state index in [2.05, 4.69) is 44.9 Å². The van der Waals surface area contributed by atoms with Gasteiger partial charge in [0.25, 0.3) is 0 Å². The Labute approximate surface area is 150 Å². The first-order chi connectivity index (χ1) is 12.0. The first-order valence-electron chi connectivity index (χ1n) is 9.09. The van der Waals surface area contributed by atoms with E-state index in [9.17, 15) is 4.39 Å². The molecule has 4 rings (SSSR count). The third-order valence-corrected chi connectivity index (χ3v) is 5.45. The highest BCUT2D eigenvalue weighted by molar-refractivity contribution is 5.91. The van der Waals surface area contributed by atoms with Gasteiger partial charge in [-0.05, 0) is 63.6 Å². The van der Waals surface area contributed by atoms with Crippen LogP contribution >= 0.6 is 0 Å². The van der Waals surface area contributed by atoms with E-state index in [1.807, 2.05) is 6.92 Å². The monoisotopic (exact) mass is 338 g/mol. The minimum Gasteiger partial charge on any atom is -0.363 e. The zero-order chi connectivity index (χ0) is 18.3. The van der Waals surface area contributed by atoms with E-state index in [1.165, 1.54) is 27.8 Å². The molecule has 0 N–H and O–H groups in total. The van der Waals surface area contributed by atoms with Gasteiger partial charge in [0.2, 0.25) is 0 Å². The average Bonchev–Trinajstić information content (AvgIpc) is 3.00. The number of halogens is 1. The molecule has 1 aliphatic carbocycles. The summed E-state index contributed by atoms with van der Waals surface area (Å²) in [5.74, 6) is -0.117. The number of pyridine rings is 1. The summed E-state index contributed by atoms with van der Waals surface area (Å²) in [6.07, 6.45) is 5.31. The Hall–Kier alpha value is -2.16. The normalized spacial score (nSPS) is 17.0. The maximum atomic E-state index is 14.3. The first kappa shape index (κ1) is 17.7. The molecule has 25 heavy (non-hydrogen) atoms. The summed E-state index contributed by atoms with van der Waals surface area (Å²) >= 11 is 0. The first-order valence-corrected chi connectivity index (χ1v) is 9.09. The van der Waals surface area contributed by atoms with Crippen LogP contribution in [0.15, 0.2) is 25.3 Å². The smallest absolute Gasteiger partial charge is 0.128 e. The SMILES string of the molecule is C/C=C1/c2nc3cc(F)c(C)c4c3c(c2CN1C(C)C)CCC4.C=C. The molecule has 2 aromatic rings. The maximum Gasteiger partial charge on any atom is 0.128 e. The Bertz CT molecular complexity index is 864. The number of aryl methyl sites for hydroxylation is 2. The molecule has 0 bridgehead atoms.